The summed E-state index contributed by atoms with van der Waals surface area (Å²) in [5.41, 5.74) is 0.938. The van der Waals surface area contributed by atoms with Crippen molar-refractivity contribution < 1.29 is 18.3 Å². The van der Waals surface area contributed by atoms with Gasteiger partial charge >= 0.3 is 0 Å². The van der Waals surface area contributed by atoms with Crippen LogP contribution in [-0.4, -0.2) is 49.7 Å². The van der Waals surface area contributed by atoms with Crippen LogP contribution in [0.3, 0.4) is 0 Å². The zero-order valence-electron chi connectivity index (χ0n) is 11.2. The van der Waals surface area contributed by atoms with Crippen molar-refractivity contribution in [2.24, 2.45) is 0 Å². The minimum absolute atomic E-state index is 0.0530. The molecule has 1 aromatic carbocycles. The van der Waals surface area contributed by atoms with Crippen molar-refractivity contribution in [3.8, 4) is 0 Å². The number of aliphatic hydroxyl groups excluding tert-OH is 1. The molecule has 5 nitrogen and oxygen atoms in total. The number of rotatable bonds is 4. The average Bonchev–Trinajstić information content (AvgIpc) is 2.78. The summed E-state index contributed by atoms with van der Waals surface area (Å²) in [6, 6.07) is 6.77. The van der Waals surface area contributed by atoms with E-state index in [1.165, 1.54) is 0 Å². The fraction of sp³-hybridized carbons (Fsp3) is 0.571. The van der Waals surface area contributed by atoms with Crippen LogP contribution >= 0.6 is 0 Å². The van der Waals surface area contributed by atoms with Crippen molar-refractivity contribution in [1.82, 2.24) is 4.31 Å². The lowest BCUT2D eigenvalue weighted by molar-refractivity contribution is -0.0114. The monoisotopic (exact) mass is 297 g/mol. The molecule has 2 fully saturated rings. The van der Waals surface area contributed by atoms with Gasteiger partial charge in [-0.25, -0.2) is 8.42 Å². The van der Waals surface area contributed by atoms with E-state index in [4.69, 9.17) is 9.84 Å². The molecule has 2 bridgehead atoms. The van der Waals surface area contributed by atoms with Crippen molar-refractivity contribution in [2.45, 2.75) is 36.4 Å². The van der Waals surface area contributed by atoms with Crippen LogP contribution in [0.25, 0.3) is 0 Å². The highest BCUT2D eigenvalue weighted by Crippen LogP contribution is 2.29. The van der Waals surface area contributed by atoms with E-state index in [1.807, 2.05) is 0 Å². The summed E-state index contributed by atoms with van der Waals surface area (Å²) < 4.78 is 32.4. The van der Waals surface area contributed by atoms with Gasteiger partial charge in [-0.05, 0) is 37.0 Å². The number of sulfonamides is 1. The molecule has 2 aliphatic rings. The minimum atomic E-state index is -3.43. The standard InChI is InChI=1S/C14H19NO4S/c16-8-7-11-1-5-14(6-2-11)20(17,18)15-9-12-3-4-13(10-15)19-12/h1-2,5-6,12-13,16H,3-4,7-10H2. The van der Waals surface area contributed by atoms with Crippen LogP contribution < -0.4 is 0 Å². The third kappa shape index (κ3) is 2.61. The maximum atomic E-state index is 12.6. The normalized spacial score (nSPS) is 26.9. The molecule has 0 saturated carbocycles. The molecule has 20 heavy (non-hydrogen) atoms. The number of fused-ring (bicyclic) bond motifs is 2. The van der Waals surface area contributed by atoms with E-state index >= 15 is 0 Å². The molecule has 0 amide bonds. The van der Waals surface area contributed by atoms with Crippen molar-refractivity contribution in [2.75, 3.05) is 19.7 Å². The molecule has 2 saturated heterocycles. The summed E-state index contributed by atoms with van der Waals surface area (Å²) in [6.07, 6.45) is 2.55. The third-order valence-corrected chi connectivity index (χ3v) is 5.82. The molecule has 110 valence electrons. The number of hydrogen-bond donors (Lipinski definition) is 1. The second kappa shape index (κ2) is 5.44. The van der Waals surface area contributed by atoms with E-state index in [2.05, 4.69) is 0 Å². The van der Waals surface area contributed by atoms with Crippen molar-refractivity contribution in [3.05, 3.63) is 29.8 Å². The van der Waals surface area contributed by atoms with Gasteiger partial charge in [0.2, 0.25) is 10.0 Å². The molecule has 0 spiro atoms. The SMILES string of the molecule is O=S(=O)(c1ccc(CCO)cc1)N1CC2CCC(C1)O2. The van der Waals surface area contributed by atoms with Crippen LogP contribution in [0.2, 0.25) is 0 Å². The minimum Gasteiger partial charge on any atom is -0.396 e. The molecular weight excluding hydrogens is 278 g/mol. The summed E-state index contributed by atoms with van der Waals surface area (Å²) >= 11 is 0. The Bertz CT molecular complexity index is 557. The lowest BCUT2D eigenvalue weighted by atomic mass is 10.2. The van der Waals surface area contributed by atoms with Crippen LogP contribution in [-0.2, 0) is 21.2 Å². The van der Waals surface area contributed by atoms with Crippen LogP contribution in [0.15, 0.2) is 29.2 Å². The lowest BCUT2D eigenvalue weighted by Gasteiger charge is -2.31. The number of nitrogens with zero attached hydrogens (tertiary/aromatic N) is 1. The van der Waals surface area contributed by atoms with Gasteiger partial charge in [0, 0.05) is 19.7 Å². The number of aliphatic hydroxyl groups is 1. The Morgan fingerprint density at radius 1 is 1.15 bits per heavy atom. The molecule has 0 aliphatic carbocycles. The van der Waals surface area contributed by atoms with Crippen LogP contribution in [0.1, 0.15) is 18.4 Å². The van der Waals surface area contributed by atoms with Gasteiger partial charge in [-0.2, -0.15) is 4.31 Å². The van der Waals surface area contributed by atoms with Gasteiger partial charge in [0.05, 0.1) is 17.1 Å². The zero-order valence-corrected chi connectivity index (χ0v) is 12.1. The Hall–Kier alpha value is -0.950. The predicted octanol–water partition coefficient (Wildman–Crippen LogP) is 0.773. The maximum Gasteiger partial charge on any atom is 0.243 e. The molecule has 2 atom stereocenters. The zero-order chi connectivity index (χ0) is 14.2. The Balaban J connectivity index is 1.80. The molecule has 0 aromatic heterocycles. The van der Waals surface area contributed by atoms with E-state index in [0.717, 1.165) is 18.4 Å². The van der Waals surface area contributed by atoms with Crippen molar-refractivity contribution in [3.63, 3.8) is 0 Å². The molecule has 0 radical (unpaired) electrons. The molecule has 2 heterocycles. The molecule has 1 aromatic rings. The summed E-state index contributed by atoms with van der Waals surface area (Å²) in [6.45, 7) is 0.980. The smallest absolute Gasteiger partial charge is 0.243 e. The fourth-order valence-electron chi connectivity index (χ4n) is 2.88. The quantitative estimate of drug-likeness (QED) is 0.891. The summed E-state index contributed by atoms with van der Waals surface area (Å²) in [5, 5.41) is 8.88. The second-order valence-corrected chi connectivity index (χ2v) is 7.33. The van der Waals surface area contributed by atoms with E-state index < -0.39 is 10.0 Å². The van der Waals surface area contributed by atoms with Crippen molar-refractivity contribution in [1.29, 1.82) is 0 Å². The van der Waals surface area contributed by atoms with E-state index in [9.17, 15) is 8.42 Å². The largest absolute Gasteiger partial charge is 0.396 e. The van der Waals surface area contributed by atoms with Gasteiger partial charge in [0.1, 0.15) is 0 Å². The molecule has 2 aliphatic heterocycles. The van der Waals surface area contributed by atoms with E-state index in [0.29, 0.717) is 24.4 Å². The molecule has 2 unspecified atom stereocenters. The fourth-order valence-corrected chi connectivity index (χ4v) is 4.38. The first-order valence-electron chi connectivity index (χ1n) is 6.95. The third-order valence-electron chi connectivity index (χ3n) is 3.97. The van der Waals surface area contributed by atoms with Gasteiger partial charge in [-0.1, -0.05) is 12.1 Å². The summed E-state index contributed by atoms with van der Waals surface area (Å²) in [4.78, 5) is 0.320. The Kier molecular flexibility index (Phi) is 3.81. The summed E-state index contributed by atoms with van der Waals surface area (Å²) in [7, 11) is -3.43. The van der Waals surface area contributed by atoms with Gasteiger partial charge in [-0.3, -0.25) is 0 Å². The highest BCUT2D eigenvalue weighted by Gasteiger charge is 2.39. The molecular formula is C14H19NO4S. The molecule has 3 rings (SSSR count). The maximum absolute atomic E-state index is 12.6. The number of hydrogen-bond acceptors (Lipinski definition) is 4. The van der Waals surface area contributed by atoms with Crippen LogP contribution in [0, 0.1) is 0 Å². The first kappa shape index (κ1) is 14.0. The predicted molar refractivity (Wildman–Crippen MR) is 73.9 cm³/mol. The highest BCUT2D eigenvalue weighted by atomic mass is 32.2. The van der Waals surface area contributed by atoms with E-state index in [1.54, 1.807) is 28.6 Å². The Labute approximate surface area is 119 Å². The van der Waals surface area contributed by atoms with Gasteiger partial charge in [0.25, 0.3) is 0 Å². The Morgan fingerprint density at radius 3 is 2.30 bits per heavy atom. The van der Waals surface area contributed by atoms with E-state index in [-0.39, 0.29) is 18.8 Å². The van der Waals surface area contributed by atoms with Crippen LogP contribution in [0.4, 0.5) is 0 Å². The molecule has 6 heteroatoms. The Morgan fingerprint density at radius 2 is 1.75 bits per heavy atom. The van der Waals surface area contributed by atoms with Gasteiger partial charge in [0.15, 0.2) is 0 Å². The average molecular weight is 297 g/mol. The number of morpholine rings is 1. The second-order valence-electron chi connectivity index (χ2n) is 5.40. The first-order chi connectivity index (χ1) is 9.59. The topological polar surface area (TPSA) is 66.8 Å². The summed E-state index contributed by atoms with van der Waals surface area (Å²) in [5.74, 6) is 0. The lowest BCUT2D eigenvalue weighted by Crippen LogP contribution is -2.45. The first-order valence-corrected chi connectivity index (χ1v) is 8.39. The van der Waals surface area contributed by atoms with Crippen molar-refractivity contribution >= 4 is 10.0 Å². The van der Waals surface area contributed by atoms with Crippen LogP contribution in [0.5, 0.6) is 0 Å². The number of benzene rings is 1. The molecule has 1 N–H and O–H groups in total. The highest BCUT2D eigenvalue weighted by molar-refractivity contribution is 7.89. The van der Waals surface area contributed by atoms with Gasteiger partial charge in [-0.15, -0.1) is 0 Å². The van der Waals surface area contributed by atoms with Gasteiger partial charge < -0.3 is 9.84 Å². The number of ether oxygens (including phenoxy) is 1.